The van der Waals surface area contributed by atoms with E-state index in [1.807, 2.05) is 11.3 Å². The molecule has 118 valence electrons. The van der Waals surface area contributed by atoms with Crippen LogP contribution in [0, 0.1) is 11.8 Å². The fourth-order valence-electron chi connectivity index (χ4n) is 3.78. The van der Waals surface area contributed by atoms with Gasteiger partial charge in [-0.2, -0.15) is 0 Å². The van der Waals surface area contributed by atoms with E-state index < -0.39 is 0 Å². The van der Waals surface area contributed by atoms with E-state index in [0.717, 1.165) is 11.8 Å². The molecule has 0 bridgehead atoms. The molecule has 0 spiro atoms. The van der Waals surface area contributed by atoms with Crippen LogP contribution in [0.5, 0.6) is 0 Å². The van der Waals surface area contributed by atoms with Gasteiger partial charge in [-0.15, -0.1) is 11.3 Å². The fourth-order valence-corrected chi connectivity index (χ4v) is 4.48. The van der Waals surface area contributed by atoms with Gasteiger partial charge in [0.25, 0.3) is 0 Å². The van der Waals surface area contributed by atoms with Gasteiger partial charge < -0.3 is 5.32 Å². The van der Waals surface area contributed by atoms with Gasteiger partial charge in [-0.1, -0.05) is 26.3 Å². The molecule has 2 nitrogen and oxygen atoms in total. The van der Waals surface area contributed by atoms with Crippen molar-refractivity contribution in [1.29, 1.82) is 0 Å². The Morgan fingerprint density at radius 1 is 1.48 bits per heavy atom. The maximum atomic E-state index is 3.87. The van der Waals surface area contributed by atoms with Crippen LogP contribution >= 0.6 is 11.3 Å². The van der Waals surface area contributed by atoms with Crippen LogP contribution in [-0.4, -0.2) is 36.1 Å². The van der Waals surface area contributed by atoms with Gasteiger partial charge in [0, 0.05) is 36.1 Å². The Morgan fingerprint density at radius 3 is 2.90 bits per heavy atom. The van der Waals surface area contributed by atoms with Crippen LogP contribution in [0.1, 0.15) is 44.9 Å². The second-order valence-corrected chi connectivity index (χ2v) is 8.31. The molecule has 21 heavy (non-hydrogen) atoms. The summed E-state index contributed by atoms with van der Waals surface area (Å²) in [6.45, 7) is 10.8. The van der Waals surface area contributed by atoms with E-state index in [-0.39, 0.29) is 0 Å². The number of hydrogen-bond donors (Lipinski definition) is 1. The molecule has 3 heteroatoms. The highest BCUT2D eigenvalue weighted by Gasteiger charge is 2.48. The Labute approximate surface area is 133 Å². The molecule has 1 N–H and O–H groups in total. The zero-order chi connectivity index (χ0) is 14.9. The van der Waals surface area contributed by atoms with Gasteiger partial charge in [0.2, 0.25) is 0 Å². The largest absolute Gasteiger partial charge is 0.311 e. The van der Waals surface area contributed by atoms with Gasteiger partial charge >= 0.3 is 0 Å². The van der Waals surface area contributed by atoms with Gasteiger partial charge in [-0.3, -0.25) is 4.90 Å². The number of nitrogens with one attached hydrogen (secondary N) is 1. The van der Waals surface area contributed by atoms with Gasteiger partial charge in [-0.25, -0.2) is 0 Å². The normalized spacial score (nSPS) is 32.2. The number of rotatable bonds is 6. The molecule has 0 radical (unpaired) electrons. The van der Waals surface area contributed by atoms with Crippen LogP contribution in [-0.2, 0) is 6.42 Å². The molecule has 1 aromatic heterocycles. The average molecular weight is 307 g/mol. The molecule has 3 rings (SSSR count). The second-order valence-electron chi connectivity index (χ2n) is 7.28. The smallest absolute Gasteiger partial charge is 0.0334 e. The zero-order valence-corrected chi connectivity index (χ0v) is 14.6. The minimum atomic E-state index is 0.390. The Bertz CT molecular complexity index is 440. The highest BCUT2D eigenvalue weighted by Crippen LogP contribution is 2.44. The second kappa shape index (κ2) is 6.39. The Kier molecular flexibility index (Phi) is 4.72. The molecule has 2 heterocycles. The lowest BCUT2D eigenvalue weighted by Gasteiger charge is -2.50. The third kappa shape index (κ3) is 3.35. The molecule has 2 aliphatic rings. The molecule has 0 aromatic carbocycles. The lowest BCUT2D eigenvalue weighted by molar-refractivity contribution is 0.0245. The summed E-state index contributed by atoms with van der Waals surface area (Å²) in [6, 6.07) is 5.14. The fraction of sp³-hybridized carbons (Fsp3) is 0.778. The number of piperazine rings is 1. The summed E-state index contributed by atoms with van der Waals surface area (Å²) in [6.07, 6.45) is 5.35. The summed E-state index contributed by atoms with van der Waals surface area (Å²) in [5.41, 5.74) is 0.390. The monoisotopic (exact) mass is 306 g/mol. The molecule has 3 unspecified atom stereocenters. The maximum absolute atomic E-state index is 3.87. The van der Waals surface area contributed by atoms with Crippen LogP contribution in [0.2, 0.25) is 0 Å². The first-order valence-corrected chi connectivity index (χ1v) is 9.52. The molecule has 1 saturated carbocycles. The first-order chi connectivity index (χ1) is 10.1. The number of hydrogen-bond acceptors (Lipinski definition) is 3. The van der Waals surface area contributed by atoms with Crippen molar-refractivity contribution in [3.63, 3.8) is 0 Å². The van der Waals surface area contributed by atoms with E-state index in [9.17, 15) is 0 Å². The predicted molar refractivity (Wildman–Crippen MR) is 92.0 cm³/mol. The van der Waals surface area contributed by atoms with E-state index in [1.165, 1.54) is 50.2 Å². The van der Waals surface area contributed by atoms with Crippen LogP contribution in [0.4, 0.5) is 0 Å². The molecule has 1 aromatic rings. The molecule has 3 atom stereocenters. The minimum absolute atomic E-state index is 0.390. The molecule has 0 amide bonds. The number of thiophene rings is 1. The van der Waals surface area contributed by atoms with Crippen molar-refractivity contribution in [2.24, 2.45) is 11.8 Å². The first kappa shape index (κ1) is 15.5. The molecule has 2 fully saturated rings. The third-order valence-electron chi connectivity index (χ3n) is 5.86. The Morgan fingerprint density at radius 2 is 2.29 bits per heavy atom. The number of nitrogens with zero attached hydrogens (tertiary/aromatic N) is 1. The lowest BCUT2D eigenvalue weighted by Crippen LogP contribution is -2.65. The van der Waals surface area contributed by atoms with E-state index in [2.05, 4.69) is 48.5 Å². The van der Waals surface area contributed by atoms with Crippen molar-refractivity contribution in [3.05, 3.63) is 22.4 Å². The minimum Gasteiger partial charge on any atom is -0.311 e. The molecule has 1 aliphatic carbocycles. The zero-order valence-electron chi connectivity index (χ0n) is 13.8. The summed E-state index contributed by atoms with van der Waals surface area (Å²) >= 11 is 1.90. The highest BCUT2D eigenvalue weighted by atomic mass is 32.1. The van der Waals surface area contributed by atoms with E-state index >= 15 is 0 Å². The van der Waals surface area contributed by atoms with Crippen molar-refractivity contribution >= 4 is 11.3 Å². The van der Waals surface area contributed by atoms with Crippen LogP contribution in [0.3, 0.4) is 0 Å². The van der Waals surface area contributed by atoms with E-state index in [1.54, 1.807) is 0 Å². The first-order valence-electron chi connectivity index (χ1n) is 8.64. The SMILES string of the molecule is CCC(C)C1CN(CCc2cccs2)C(C)(C2CC2)CN1. The van der Waals surface area contributed by atoms with Crippen molar-refractivity contribution < 1.29 is 0 Å². The van der Waals surface area contributed by atoms with Gasteiger partial charge in [0.1, 0.15) is 0 Å². The maximum Gasteiger partial charge on any atom is 0.0334 e. The van der Waals surface area contributed by atoms with Crippen molar-refractivity contribution in [1.82, 2.24) is 10.2 Å². The quantitative estimate of drug-likeness (QED) is 0.860. The van der Waals surface area contributed by atoms with Crippen molar-refractivity contribution in [3.8, 4) is 0 Å². The van der Waals surface area contributed by atoms with Crippen molar-refractivity contribution in [2.75, 3.05) is 19.6 Å². The predicted octanol–water partition coefficient (Wildman–Crippen LogP) is 3.78. The summed E-state index contributed by atoms with van der Waals surface area (Å²) in [7, 11) is 0. The summed E-state index contributed by atoms with van der Waals surface area (Å²) in [5, 5.41) is 6.07. The topological polar surface area (TPSA) is 15.3 Å². The average Bonchev–Trinajstić information content (AvgIpc) is 3.24. The highest BCUT2D eigenvalue weighted by molar-refractivity contribution is 7.09. The lowest BCUT2D eigenvalue weighted by atomic mass is 9.86. The Balaban J connectivity index is 1.67. The van der Waals surface area contributed by atoms with E-state index in [4.69, 9.17) is 0 Å². The third-order valence-corrected chi connectivity index (χ3v) is 6.79. The van der Waals surface area contributed by atoms with Crippen LogP contribution < -0.4 is 5.32 Å². The standard InChI is InChI=1S/C18H30N2S/c1-4-14(2)17-12-20(10-9-16-6-5-11-21-16)18(3,13-19-17)15-7-8-15/h5-6,11,14-15,17,19H,4,7-10,12-13H2,1-3H3. The molecular formula is C18H30N2S. The molecule has 1 saturated heterocycles. The Hall–Kier alpha value is -0.380. The van der Waals surface area contributed by atoms with Crippen molar-refractivity contribution in [2.45, 2.75) is 58.0 Å². The molecule has 1 aliphatic heterocycles. The van der Waals surface area contributed by atoms with Gasteiger partial charge in [-0.05, 0) is 49.5 Å². The summed E-state index contributed by atoms with van der Waals surface area (Å²) < 4.78 is 0. The van der Waals surface area contributed by atoms with Crippen LogP contribution in [0.15, 0.2) is 17.5 Å². The summed E-state index contributed by atoms with van der Waals surface area (Å²) in [5.74, 6) is 1.70. The van der Waals surface area contributed by atoms with Crippen LogP contribution in [0.25, 0.3) is 0 Å². The molecular weight excluding hydrogens is 276 g/mol. The van der Waals surface area contributed by atoms with E-state index in [0.29, 0.717) is 11.6 Å². The summed E-state index contributed by atoms with van der Waals surface area (Å²) in [4.78, 5) is 4.35. The van der Waals surface area contributed by atoms with Gasteiger partial charge in [0.15, 0.2) is 0 Å². The van der Waals surface area contributed by atoms with Gasteiger partial charge in [0.05, 0.1) is 0 Å².